The fourth-order valence-corrected chi connectivity index (χ4v) is 2.05. The average Bonchev–Trinajstić information content (AvgIpc) is 2.55. The summed E-state index contributed by atoms with van der Waals surface area (Å²) >= 11 is 0. The summed E-state index contributed by atoms with van der Waals surface area (Å²) in [7, 11) is 1.56. The van der Waals surface area contributed by atoms with Crippen LogP contribution in [0.3, 0.4) is 0 Å². The number of carbonyl (C=O) groups is 1. The van der Waals surface area contributed by atoms with E-state index in [2.05, 4.69) is 24.1 Å². The van der Waals surface area contributed by atoms with Crippen molar-refractivity contribution in [2.24, 2.45) is 0 Å². The number of anilines is 1. The van der Waals surface area contributed by atoms with Crippen molar-refractivity contribution in [3.63, 3.8) is 0 Å². The third kappa shape index (κ3) is 5.23. The summed E-state index contributed by atoms with van der Waals surface area (Å²) < 4.78 is 4.86. The maximum absolute atomic E-state index is 11.9. The molecule has 0 atom stereocenters. The second-order valence-corrected chi connectivity index (χ2v) is 4.68. The molecule has 0 unspecified atom stereocenters. The summed E-state index contributed by atoms with van der Waals surface area (Å²) in [5.41, 5.74) is 2.05. The molecule has 1 N–H and O–H groups in total. The lowest BCUT2D eigenvalue weighted by atomic mass is 10.1. The number of ether oxygens (including phenoxy) is 1. The molecule has 1 amide bonds. The van der Waals surface area contributed by atoms with Gasteiger partial charge in [-0.15, -0.1) is 0 Å². The lowest BCUT2D eigenvalue weighted by molar-refractivity contribution is -0.117. The molecule has 5 heteroatoms. The fraction of sp³-hybridized carbons (Fsp3) is 0.412. The highest BCUT2D eigenvalue weighted by Gasteiger charge is 2.08. The molecule has 0 aliphatic carbocycles. The van der Waals surface area contributed by atoms with E-state index in [-0.39, 0.29) is 11.5 Å². The molecule has 5 nitrogen and oxygen atoms in total. The molecule has 1 rings (SSSR count). The second kappa shape index (κ2) is 9.59. The number of methoxy groups -OCH3 is 1. The highest BCUT2D eigenvalue weighted by molar-refractivity contribution is 6.01. The Labute approximate surface area is 132 Å². The molecule has 0 radical (unpaired) electrons. The van der Waals surface area contributed by atoms with E-state index in [1.54, 1.807) is 13.2 Å². The topological polar surface area (TPSA) is 65.4 Å². The van der Waals surface area contributed by atoms with Gasteiger partial charge in [0.1, 0.15) is 11.6 Å². The summed E-state index contributed by atoms with van der Waals surface area (Å²) in [4.78, 5) is 14.1. The number of nitrogens with one attached hydrogen (secondary N) is 1. The van der Waals surface area contributed by atoms with E-state index in [4.69, 9.17) is 10.00 Å². The Hall–Kier alpha value is -2.32. The van der Waals surface area contributed by atoms with Crippen LogP contribution in [0.25, 0.3) is 6.08 Å². The van der Waals surface area contributed by atoms with Crippen molar-refractivity contribution < 1.29 is 9.53 Å². The maximum atomic E-state index is 11.9. The normalized spacial score (nSPS) is 10.9. The standard InChI is InChI=1S/C17H23N3O2/c1-4-20(5-2)16-8-6-14(7-9-16)12-15(13-18)17(21)19-10-11-22-3/h6-9,12H,4-5,10-11H2,1-3H3,(H,19,21)/b15-12+. The molecule has 22 heavy (non-hydrogen) atoms. The number of rotatable bonds is 8. The van der Waals surface area contributed by atoms with E-state index in [1.807, 2.05) is 30.3 Å². The van der Waals surface area contributed by atoms with Crippen LogP contribution in [0, 0.1) is 11.3 Å². The van der Waals surface area contributed by atoms with E-state index in [9.17, 15) is 4.79 Å². The predicted octanol–water partition coefficient (Wildman–Crippen LogP) is 2.20. The summed E-state index contributed by atoms with van der Waals surface area (Å²) in [6, 6.07) is 9.75. The Balaban J connectivity index is 2.81. The van der Waals surface area contributed by atoms with Crippen LogP contribution < -0.4 is 10.2 Å². The number of nitrogens with zero attached hydrogens (tertiary/aromatic N) is 2. The fourth-order valence-electron chi connectivity index (χ4n) is 2.05. The van der Waals surface area contributed by atoms with Gasteiger partial charge >= 0.3 is 0 Å². The van der Waals surface area contributed by atoms with Gasteiger partial charge in [-0.25, -0.2) is 0 Å². The molecule has 1 aromatic carbocycles. The first kappa shape index (κ1) is 17.7. The van der Waals surface area contributed by atoms with E-state index >= 15 is 0 Å². The Bertz CT molecular complexity index is 540. The number of hydrogen-bond donors (Lipinski definition) is 1. The van der Waals surface area contributed by atoms with Crippen LogP contribution in [-0.2, 0) is 9.53 Å². The van der Waals surface area contributed by atoms with Crippen LogP contribution >= 0.6 is 0 Å². The van der Waals surface area contributed by atoms with Crippen LogP contribution in [0.4, 0.5) is 5.69 Å². The lowest BCUT2D eigenvalue weighted by Crippen LogP contribution is -2.27. The number of hydrogen-bond acceptors (Lipinski definition) is 4. The molecule has 0 bridgehead atoms. The summed E-state index contributed by atoms with van der Waals surface area (Å²) in [6.07, 6.45) is 1.59. The molecule has 0 aliphatic rings. The molecule has 0 saturated heterocycles. The molecule has 0 saturated carbocycles. The molecule has 0 fully saturated rings. The number of amides is 1. The molecule has 0 aromatic heterocycles. The first-order chi connectivity index (χ1) is 10.7. The SMILES string of the molecule is CCN(CC)c1ccc(/C=C(\C#N)C(=O)NCCOC)cc1. The van der Waals surface area contributed by atoms with Crippen molar-refractivity contribution >= 4 is 17.7 Å². The molecular weight excluding hydrogens is 278 g/mol. The second-order valence-electron chi connectivity index (χ2n) is 4.68. The number of benzene rings is 1. The summed E-state index contributed by atoms with van der Waals surface area (Å²) in [6.45, 7) is 6.90. The molecule has 1 aromatic rings. The zero-order valence-corrected chi connectivity index (χ0v) is 13.4. The van der Waals surface area contributed by atoms with Crippen molar-refractivity contribution in [1.29, 1.82) is 5.26 Å². The largest absolute Gasteiger partial charge is 0.383 e. The summed E-state index contributed by atoms with van der Waals surface area (Å²) in [5.74, 6) is -0.382. The van der Waals surface area contributed by atoms with Crippen molar-refractivity contribution in [2.75, 3.05) is 38.3 Å². The van der Waals surface area contributed by atoms with Crippen LogP contribution in [0.5, 0.6) is 0 Å². The van der Waals surface area contributed by atoms with Crippen molar-refractivity contribution in [1.82, 2.24) is 5.32 Å². The maximum Gasteiger partial charge on any atom is 0.262 e. The first-order valence-electron chi connectivity index (χ1n) is 7.40. The van der Waals surface area contributed by atoms with E-state index in [0.29, 0.717) is 13.2 Å². The van der Waals surface area contributed by atoms with Crippen LogP contribution in [0.15, 0.2) is 29.8 Å². The smallest absolute Gasteiger partial charge is 0.262 e. The Kier molecular flexibility index (Phi) is 7.73. The zero-order chi connectivity index (χ0) is 16.4. The van der Waals surface area contributed by atoms with E-state index in [0.717, 1.165) is 24.3 Å². The van der Waals surface area contributed by atoms with E-state index < -0.39 is 0 Å². The van der Waals surface area contributed by atoms with Gasteiger partial charge < -0.3 is 15.0 Å². The van der Waals surface area contributed by atoms with E-state index in [1.165, 1.54) is 0 Å². The summed E-state index contributed by atoms with van der Waals surface area (Å²) in [5, 5.41) is 11.8. The third-order valence-corrected chi connectivity index (χ3v) is 3.29. The van der Waals surface area contributed by atoms with Gasteiger partial charge in [-0.05, 0) is 37.6 Å². The Morgan fingerprint density at radius 3 is 2.45 bits per heavy atom. The molecule has 118 valence electrons. The van der Waals surface area contributed by atoms with Gasteiger partial charge in [0.2, 0.25) is 0 Å². The van der Waals surface area contributed by atoms with Crippen molar-refractivity contribution in [3.05, 3.63) is 35.4 Å². The molecule has 0 aliphatic heterocycles. The number of nitriles is 1. The molecular formula is C17H23N3O2. The third-order valence-electron chi connectivity index (χ3n) is 3.29. The average molecular weight is 301 g/mol. The van der Waals surface area contributed by atoms with Gasteiger partial charge in [0.25, 0.3) is 5.91 Å². The Morgan fingerprint density at radius 1 is 1.32 bits per heavy atom. The lowest BCUT2D eigenvalue weighted by Gasteiger charge is -2.20. The van der Waals surface area contributed by atoms with Gasteiger partial charge in [0.05, 0.1) is 6.61 Å². The minimum absolute atomic E-state index is 0.0895. The Morgan fingerprint density at radius 2 is 1.95 bits per heavy atom. The zero-order valence-electron chi connectivity index (χ0n) is 13.4. The van der Waals surface area contributed by atoms with Gasteiger partial charge in [0, 0.05) is 32.4 Å². The monoisotopic (exact) mass is 301 g/mol. The van der Waals surface area contributed by atoms with Crippen molar-refractivity contribution in [3.8, 4) is 6.07 Å². The van der Waals surface area contributed by atoms with Crippen LogP contribution in [0.1, 0.15) is 19.4 Å². The van der Waals surface area contributed by atoms with Crippen LogP contribution in [0.2, 0.25) is 0 Å². The van der Waals surface area contributed by atoms with Crippen LogP contribution in [-0.4, -0.2) is 39.3 Å². The highest BCUT2D eigenvalue weighted by Crippen LogP contribution is 2.16. The minimum atomic E-state index is -0.382. The van der Waals surface area contributed by atoms with Crippen molar-refractivity contribution in [2.45, 2.75) is 13.8 Å². The van der Waals surface area contributed by atoms with Gasteiger partial charge in [-0.3, -0.25) is 4.79 Å². The van der Waals surface area contributed by atoms with Gasteiger partial charge in [-0.1, -0.05) is 12.1 Å². The molecule has 0 heterocycles. The van der Waals surface area contributed by atoms with Gasteiger partial charge in [-0.2, -0.15) is 5.26 Å². The predicted molar refractivity (Wildman–Crippen MR) is 88.5 cm³/mol. The first-order valence-corrected chi connectivity index (χ1v) is 7.40. The minimum Gasteiger partial charge on any atom is -0.383 e. The quantitative estimate of drug-likeness (QED) is 0.454. The number of carbonyl (C=O) groups excluding carboxylic acids is 1. The van der Waals surface area contributed by atoms with Gasteiger partial charge in [0.15, 0.2) is 0 Å². The molecule has 0 spiro atoms. The highest BCUT2D eigenvalue weighted by atomic mass is 16.5.